The van der Waals surface area contributed by atoms with E-state index in [1.54, 1.807) is 19.2 Å². The lowest BCUT2D eigenvalue weighted by molar-refractivity contribution is -0.138. The molecular weight excluding hydrogens is 274 g/mol. The molecule has 2 atom stereocenters. The summed E-state index contributed by atoms with van der Waals surface area (Å²) in [4.78, 5) is 10.6. The highest BCUT2D eigenvalue weighted by Gasteiger charge is 2.21. The van der Waals surface area contributed by atoms with E-state index in [-0.39, 0.29) is 6.42 Å². The molecule has 0 bridgehead atoms. The molecular formula is C11H14BrNO3. The Hall–Kier alpha value is -0.910. The van der Waals surface area contributed by atoms with Crippen molar-refractivity contribution in [1.82, 2.24) is 5.32 Å². The van der Waals surface area contributed by atoms with Gasteiger partial charge in [0.25, 0.3) is 0 Å². The molecule has 5 heteroatoms. The fourth-order valence-corrected chi connectivity index (χ4v) is 1.72. The van der Waals surface area contributed by atoms with E-state index >= 15 is 0 Å². The number of nitrogens with one attached hydrogen (secondary N) is 1. The lowest BCUT2D eigenvalue weighted by Crippen LogP contribution is -2.34. The number of aliphatic hydroxyl groups excluding tert-OH is 1. The summed E-state index contributed by atoms with van der Waals surface area (Å²) >= 11 is 3.30. The molecule has 0 aliphatic carbocycles. The molecule has 0 fully saturated rings. The van der Waals surface area contributed by atoms with Gasteiger partial charge in [0.05, 0.1) is 12.5 Å². The molecule has 1 rings (SSSR count). The summed E-state index contributed by atoms with van der Waals surface area (Å²) in [5.74, 6) is -0.935. The summed E-state index contributed by atoms with van der Waals surface area (Å²) in [5.41, 5.74) is 0.698. The van der Waals surface area contributed by atoms with Crippen molar-refractivity contribution in [3.05, 3.63) is 34.3 Å². The van der Waals surface area contributed by atoms with Crippen LogP contribution in [0.3, 0.4) is 0 Å². The van der Waals surface area contributed by atoms with Gasteiger partial charge in [0.2, 0.25) is 0 Å². The van der Waals surface area contributed by atoms with Gasteiger partial charge in [0.15, 0.2) is 0 Å². The van der Waals surface area contributed by atoms with Crippen LogP contribution in [0, 0.1) is 0 Å². The second-order valence-electron chi connectivity index (χ2n) is 3.49. The molecule has 0 aromatic heterocycles. The first kappa shape index (κ1) is 13.2. The number of aliphatic carboxylic acids is 1. The van der Waals surface area contributed by atoms with Crippen molar-refractivity contribution in [2.24, 2.45) is 0 Å². The molecule has 3 N–H and O–H groups in total. The van der Waals surface area contributed by atoms with Gasteiger partial charge in [-0.2, -0.15) is 0 Å². The second-order valence-corrected chi connectivity index (χ2v) is 4.41. The fraction of sp³-hybridized carbons (Fsp3) is 0.364. The summed E-state index contributed by atoms with van der Waals surface area (Å²) in [7, 11) is 1.63. The molecule has 1 aromatic rings. The van der Waals surface area contributed by atoms with E-state index in [2.05, 4.69) is 21.2 Å². The Morgan fingerprint density at radius 2 is 2.00 bits per heavy atom. The number of rotatable bonds is 5. The third kappa shape index (κ3) is 3.59. The van der Waals surface area contributed by atoms with Crippen LogP contribution in [0.15, 0.2) is 28.7 Å². The van der Waals surface area contributed by atoms with Crippen LogP contribution in [0.4, 0.5) is 0 Å². The number of aliphatic hydroxyl groups is 1. The predicted octanol–water partition coefficient (Wildman–Crippen LogP) is 1.55. The molecule has 0 spiro atoms. The minimum absolute atomic E-state index is 0.117. The maximum atomic E-state index is 10.6. The van der Waals surface area contributed by atoms with Gasteiger partial charge in [-0.1, -0.05) is 28.1 Å². The van der Waals surface area contributed by atoms with E-state index < -0.39 is 18.1 Å². The van der Waals surface area contributed by atoms with Gasteiger partial charge in [-0.25, -0.2) is 0 Å². The average molecular weight is 288 g/mol. The zero-order valence-electron chi connectivity index (χ0n) is 8.85. The standard InChI is InChI=1S/C11H14BrNO3/c1-13-9(6-10(14)15)11(16)7-2-4-8(12)5-3-7/h2-5,9,11,13,16H,6H2,1H3,(H,14,15). The highest BCUT2D eigenvalue weighted by Crippen LogP contribution is 2.21. The average Bonchev–Trinajstić information content (AvgIpc) is 2.25. The Labute approximate surface area is 102 Å². The number of benzene rings is 1. The van der Waals surface area contributed by atoms with Crippen LogP contribution in [0.25, 0.3) is 0 Å². The molecule has 4 nitrogen and oxygen atoms in total. The van der Waals surface area contributed by atoms with E-state index in [0.29, 0.717) is 5.56 Å². The number of halogens is 1. The van der Waals surface area contributed by atoms with Crippen LogP contribution in [-0.2, 0) is 4.79 Å². The number of hydrogen-bond donors (Lipinski definition) is 3. The van der Waals surface area contributed by atoms with Crippen molar-refractivity contribution in [2.75, 3.05) is 7.05 Å². The van der Waals surface area contributed by atoms with Crippen molar-refractivity contribution in [1.29, 1.82) is 0 Å². The molecule has 16 heavy (non-hydrogen) atoms. The SMILES string of the molecule is CNC(CC(=O)O)C(O)c1ccc(Br)cc1. The first-order chi connectivity index (χ1) is 7.54. The van der Waals surface area contributed by atoms with E-state index in [0.717, 1.165) is 4.47 Å². The maximum Gasteiger partial charge on any atom is 0.305 e. The molecule has 0 saturated heterocycles. The largest absolute Gasteiger partial charge is 0.481 e. The Kier molecular flexibility index (Phi) is 4.92. The summed E-state index contributed by atoms with van der Waals surface area (Å²) in [5, 5.41) is 21.5. The zero-order valence-corrected chi connectivity index (χ0v) is 10.4. The molecule has 2 unspecified atom stereocenters. The van der Waals surface area contributed by atoms with Gasteiger partial charge in [-0.15, -0.1) is 0 Å². The van der Waals surface area contributed by atoms with Crippen LogP contribution >= 0.6 is 15.9 Å². The van der Waals surface area contributed by atoms with Gasteiger partial charge < -0.3 is 15.5 Å². The van der Waals surface area contributed by atoms with Gasteiger partial charge in [-0.05, 0) is 24.7 Å². The Balaban J connectivity index is 2.78. The van der Waals surface area contributed by atoms with Crippen LogP contribution in [0.1, 0.15) is 18.1 Å². The van der Waals surface area contributed by atoms with E-state index in [4.69, 9.17) is 5.11 Å². The number of carbonyl (C=O) groups is 1. The highest BCUT2D eigenvalue weighted by atomic mass is 79.9. The van der Waals surface area contributed by atoms with Crippen molar-refractivity contribution < 1.29 is 15.0 Å². The molecule has 0 aliphatic heterocycles. The van der Waals surface area contributed by atoms with Crippen LogP contribution < -0.4 is 5.32 Å². The number of carboxylic acid groups (broad SMARTS) is 1. The molecule has 0 amide bonds. The van der Waals surface area contributed by atoms with Crippen LogP contribution in [0.5, 0.6) is 0 Å². The van der Waals surface area contributed by atoms with E-state index in [1.165, 1.54) is 0 Å². The maximum absolute atomic E-state index is 10.6. The minimum atomic E-state index is -0.935. The Morgan fingerprint density at radius 3 is 2.44 bits per heavy atom. The lowest BCUT2D eigenvalue weighted by Gasteiger charge is -2.21. The van der Waals surface area contributed by atoms with Crippen molar-refractivity contribution in [3.63, 3.8) is 0 Å². The normalized spacial score (nSPS) is 14.4. The van der Waals surface area contributed by atoms with E-state index in [9.17, 15) is 9.90 Å². The van der Waals surface area contributed by atoms with Gasteiger partial charge in [-0.3, -0.25) is 4.79 Å². The Morgan fingerprint density at radius 1 is 1.44 bits per heavy atom. The third-order valence-electron chi connectivity index (χ3n) is 2.36. The molecule has 1 aromatic carbocycles. The summed E-state index contributed by atoms with van der Waals surface area (Å²) < 4.78 is 0.919. The van der Waals surface area contributed by atoms with Crippen molar-refractivity contribution in [3.8, 4) is 0 Å². The molecule has 0 heterocycles. The fourth-order valence-electron chi connectivity index (χ4n) is 1.45. The minimum Gasteiger partial charge on any atom is -0.481 e. The van der Waals surface area contributed by atoms with Crippen LogP contribution in [-0.4, -0.2) is 29.3 Å². The number of carboxylic acids is 1. The van der Waals surface area contributed by atoms with Crippen molar-refractivity contribution in [2.45, 2.75) is 18.6 Å². The zero-order chi connectivity index (χ0) is 12.1. The first-order valence-corrected chi connectivity index (χ1v) is 5.66. The van der Waals surface area contributed by atoms with Crippen molar-refractivity contribution >= 4 is 21.9 Å². The van der Waals surface area contributed by atoms with Crippen LogP contribution in [0.2, 0.25) is 0 Å². The summed E-state index contributed by atoms with van der Waals surface area (Å²) in [6, 6.07) is 6.67. The quantitative estimate of drug-likeness (QED) is 0.769. The van der Waals surface area contributed by atoms with Gasteiger partial charge >= 0.3 is 5.97 Å². The predicted molar refractivity (Wildman–Crippen MR) is 64.2 cm³/mol. The second kappa shape index (κ2) is 5.98. The lowest BCUT2D eigenvalue weighted by atomic mass is 10.00. The van der Waals surface area contributed by atoms with E-state index in [1.807, 2.05) is 12.1 Å². The third-order valence-corrected chi connectivity index (χ3v) is 2.89. The van der Waals surface area contributed by atoms with Gasteiger partial charge in [0.1, 0.15) is 0 Å². The topological polar surface area (TPSA) is 69.6 Å². The molecule has 0 aliphatic rings. The molecule has 0 saturated carbocycles. The first-order valence-electron chi connectivity index (χ1n) is 4.87. The summed E-state index contributed by atoms with van der Waals surface area (Å²) in [6.45, 7) is 0. The molecule has 88 valence electrons. The number of hydrogen-bond acceptors (Lipinski definition) is 3. The highest BCUT2D eigenvalue weighted by molar-refractivity contribution is 9.10. The molecule has 0 radical (unpaired) electrons. The Bertz CT molecular complexity index is 353. The van der Waals surface area contributed by atoms with Gasteiger partial charge in [0, 0.05) is 10.5 Å². The number of likely N-dealkylation sites (N-methyl/N-ethyl adjacent to an activating group) is 1. The monoisotopic (exact) mass is 287 g/mol. The summed E-state index contributed by atoms with van der Waals surface area (Å²) in [6.07, 6.45) is -0.942. The smallest absolute Gasteiger partial charge is 0.305 e.